The van der Waals surface area contributed by atoms with E-state index in [-0.39, 0.29) is 24.3 Å². The second-order valence-corrected chi connectivity index (χ2v) is 9.67. The number of carbonyl (C=O) groups is 3. The van der Waals surface area contributed by atoms with Crippen LogP contribution in [0.4, 0.5) is 5.69 Å². The molecule has 6 atom stereocenters. The highest BCUT2D eigenvalue weighted by Crippen LogP contribution is 2.63. The summed E-state index contributed by atoms with van der Waals surface area (Å²) in [5, 5.41) is 17.6. The van der Waals surface area contributed by atoms with Crippen LogP contribution in [0.5, 0.6) is 0 Å². The summed E-state index contributed by atoms with van der Waals surface area (Å²) in [5.74, 6) is -2.40. The fraction of sp³-hybridized carbons (Fsp3) is 0.480. The number of anilines is 1. The van der Waals surface area contributed by atoms with Crippen LogP contribution in [-0.4, -0.2) is 64.7 Å². The van der Waals surface area contributed by atoms with Gasteiger partial charge in [0.25, 0.3) is 0 Å². The van der Waals surface area contributed by atoms with Crippen molar-refractivity contribution in [3.63, 3.8) is 0 Å². The van der Waals surface area contributed by atoms with Crippen LogP contribution in [-0.2, 0) is 19.1 Å². The van der Waals surface area contributed by atoms with E-state index in [0.29, 0.717) is 18.5 Å². The van der Waals surface area contributed by atoms with Crippen LogP contribution in [0.25, 0.3) is 10.8 Å². The van der Waals surface area contributed by atoms with Crippen molar-refractivity contribution in [1.29, 1.82) is 0 Å². The van der Waals surface area contributed by atoms with Gasteiger partial charge in [0.1, 0.15) is 11.6 Å². The topological polar surface area (TPSA) is 108 Å². The SMILES string of the molecule is CNC(=O)[C@@H]1[C@H]2C(=O)N([C@H](C)CO)C(C(=O)Nc3ccc4ccccc4c3)C23CC[C@@]1(C)O3. The Balaban J connectivity index is 1.54. The van der Waals surface area contributed by atoms with Gasteiger partial charge < -0.3 is 25.4 Å². The first-order valence-corrected chi connectivity index (χ1v) is 11.4. The fourth-order valence-electron chi connectivity index (χ4n) is 6.26. The normalized spacial score (nSPS) is 33.3. The van der Waals surface area contributed by atoms with Gasteiger partial charge in [0.2, 0.25) is 17.7 Å². The van der Waals surface area contributed by atoms with Crippen LogP contribution in [0.15, 0.2) is 42.5 Å². The number of hydrogen-bond donors (Lipinski definition) is 3. The molecule has 2 bridgehead atoms. The maximum Gasteiger partial charge on any atom is 0.250 e. The molecule has 3 fully saturated rings. The molecule has 5 rings (SSSR count). The number of fused-ring (bicyclic) bond motifs is 2. The minimum absolute atomic E-state index is 0.260. The third-order valence-corrected chi connectivity index (χ3v) is 7.75. The van der Waals surface area contributed by atoms with Crippen molar-refractivity contribution in [2.24, 2.45) is 11.8 Å². The summed E-state index contributed by atoms with van der Waals surface area (Å²) in [5.41, 5.74) is -1.30. The number of likely N-dealkylation sites (tertiary alicyclic amines) is 1. The smallest absolute Gasteiger partial charge is 0.250 e. The average Bonchev–Trinajstić information content (AvgIpc) is 3.38. The lowest BCUT2D eigenvalue weighted by Gasteiger charge is -2.35. The molecular weight excluding hydrogens is 422 g/mol. The molecule has 3 aliphatic heterocycles. The second-order valence-electron chi connectivity index (χ2n) is 9.67. The Hall–Kier alpha value is -2.97. The zero-order valence-electron chi connectivity index (χ0n) is 19.0. The van der Waals surface area contributed by atoms with Gasteiger partial charge in [0.15, 0.2) is 0 Å². The first kappa shape index (κ1) is 21.9. The number of nitrogens with zero attached hydrogens (tertiary/aromatic N) is 1. The number of benzene rings is 2. The largest absolute Gasteiger partial charge is 0.394 e. The number of hydrogen-bond acceptors (Lipinski definition) is 5. The second kappa shape index (κ2) is 7.53. The Morgan fingerprint density at radius 1 is 1.18 bits per heavy atom. The highest BCUT2D eigenvalue weighted by Gasteiger charge is 2.78. The Kier molecular flexibility index (Phi) is 4.99. The molecule has 3 amide bonds. The average molecular weight is 452 g/mol. The molecule has 0 radical (unpaired) electrons. The molecule has 2 aromatic carbocycles. The van der Waals surface area contributed by atoms with Gasteiger partial charge in [-0.15, -0.1) is 0 Å². The van der Waals surface area contributed by atoms with Crippen molar-refractivity contribution >= 4 is 34.2 Å². The molecule has 3 saturated heterocycles. The van der Waals surface area contributed by atoms with Crippen molar-refractivity contribution in [2.45, 2.75) is 50.0 Å². The predicted octanol–water partition coefficient (Wildman–Crippen LogP) is 1.67. The van der Waals surface area contributed by atoms with Gasteiger partial charge in [-0.25, -0.2) is 0 Å². The molecule has 0 saturated carbocycles. The number of aliphatic hydroxyl groups is 1. The molecule has 3 aliphatic rings. The number of aliphatic hydroxyl groups excluding tert-OH is 1. The van der Waals surface area contributed by atoms with Crippen molar-refractivity contribution in [2.75, 3.05) is 19.0 Å². The molecule has 8 heteroatoms. The third kappa shape index (κ3) is 3.00. The number of amides is 3. The molecule has 3 heterocycles. The zero-order valence-corrected chi connectivity index (χ0v) is 19.0. The molecule has 2 unspecified atom stereocenters. The van der Waals surface area contributed by atoms with Gasteiger partial charge in [-0.05, 0) is 49.6 Å². The third-order valence-electron chi connectivity index (χ3n) is 7.75. The molecule has 33 heavy (non-hydrogen) atoms. The van der Waals surface area contributed by atoms with Crippen molar-refractivity contribution < 1.29 is 24.2 Å². The van der Waals surface area contributed by atoms with E-state index in [1.54, 1.807) is 14.0 Å². The number of rotatable bonds is 5. The molecule has 174 valence electrons. The summed E-state index contributed by atoms with van der Waals surface area (Å²) in [4.78, 5) is 41.7. The highest BCUT2D eigenvalue weighted by atomic mass is 16.5. The predicted molar refractivity (Wildman–Crippen MR) is 122 cm³/mol. The standard InChI is InChI=1S/C25H29N3O5/c1-14(13-29)28-20(22(31)27-17-9-8-15-6-4-5-7-16(15)12-17)25-11-10-24(2,33-25)18(21(30)26-3)19(25)23(28)32/h4-9,12,14,18-20,29H,10-11,13H2,1-3H3,(H,26,30)(H,27,31)/t14-,18+,19+,20?,24-,25?/m1/s1. The molecule has 1 spiro atoms. The number of nitrogens with one attached hydrogen (secondary N) is 2. The van der Waals surface area contributed by atoms with Crippen LogP contribution in [0, 0.1) is 11.8 Å². The number of carbonyl (C=O) groups excluding carboxylic acids is 3. The van der Waals surface area contributed by atoms with Gasteiger partial charge in [0.05, 0.1) is 30.1 Å². The van der Waals surface area contributed by atoms with Gasteiger partial charge in [0, 0.05) is 12.7 Å². The van der Waals surface area contributed by atoms with E-state index in [1.165, 1.54) is 4.90 Å². The van der Waals surface area contributed by atoms with Crippen LogP contribution in [0.2, 0.25) is 0 Å². The first-order chi connectivity index (χ1) is 15.8. The monoisotopic (exact) mass is 451 g/mol. The maximum absolute atomic E-state index is 13.7. The lowest BCUT2D eigenvalue weighted by molar-refractivity contribution is -0.147. The molecule has 0 aliphatic carbocycles. The van der Waals surface area contributed by atoms with Gasteiger partial charge >= 0.3 is 0 Å². The van der Waals surface area contributed by atoms with Crippen molar-refractivity contribution in [3.05, 3.63) is 42.5 Å². The summed E-state index contributed by atoms with van der Waals surface area (Å²) < 4.78 is 6.48. The summed E-state index contributed by atoms with van der Waals surface area (Å²) >= 11 is 0. The fourth-order valence-corrected chi connectivity index (χ4v) is 6.26. The van der Waals surface area contributed by atoms with Crippen LogP contribution in [0.1, 0.15) is 26.7 Å². The molecule has 2 aromatic rings. The van der Waals surface area contributed by atoms with Crippen molar-refractivity contribution in [3.8, 4) is 0 Å². The van der Waals surface area contributed by atoms with Crippen molar-refractivity contribution in [1.82, 2.24) is 10.2 Å². The van der Waals surface area contributed by atoms with Crippen LogP contribution < -0.4 is 10.6 Å². The summed E-state index contributed by atoms with van der Waals surface area (Å²) in [7, 11) is 1.54. The minimum atomic E-state index is -1.10. The van der Waals surface area contributed by atoms with Crippen LogP contribution >= 0.6 is 0 Å². The quantitative estimate of drug-likeness (QED) is 0.641. The molecule has 0 aromatic heterocycles. The van der Waals surface area contributed by atoms with E-state index in [1.807, 2.05) is 49.4 Å². The molecule has 8 nitrogen and oxygen atoms in total. The van der Waals surface area contributed by atoms with E-state index in [4.69, 9.17) is 4.74 Å². The Morgan fingerprint density at radius 3 is 2.61 bits per heavy atom. The molecule has 3 N–H and O–H groups in total. The lowest BCUT2D eigenvalue weighted by Crippen LogP contribution is -2.55. The Morgan fingerprint density at radius 2 is 1.91 bits per heavy atom. The van der Waals surface area contributed by atoms with E-state index in [9.17, 15) is 19.5 Å². The van der Waals surface area contributed by atoms with Gasteiger partial charge in [-0.2, -0.15) is 0 Å². The summed E-state index contributed by atoms with van der Waals surface area (Å²) in [6, 6.07) is 12.0. The summed E-state index contributed by atoms with van der Waals surface area (Å²) in [6.07, 6.45) is 1.08. The van der Waals surface area contributed by atoms with Gasteiger partial charge in [-0.1, -0.05) is 30.3 Å². The Bertz CT molecular complexity index is 1150. The van der Waals surface area contributed by atoms with Crippen LogP contribution in [0.3, 0.4) is 0 Å². The van der Waals surface area contributed by atoms with Gasteiger partial charge in [-0.3, -0.25) is 14.4 Å². The summed E-state index contributed by atoms with van der Waals surface area (Å²) in [6.45, 7) is 3.26. The lowest BCUT2D eigenvalue weighted by atomic mass is 9.66. The highest BCUT2D eigenvalue weighted by molar-refractivity contribution is 6.04. The van der Waals surface area contributed by atoms with E-state index < -0.39 is 35.1 Å². The van der Waals surface area contributed by atoms with E-state index in [2.05, 4.69) is 10.6 Å². The van der Waals surface area contributed by atoms with E-state index >= 15 is 0 Å². The molecular formula is C25H29N3O5. The minimum Gasteiger partial charge on any atom is -0.394 e. The Labute approximate surface area is 192 Å². The first-order valence-electron chi connectivity index (χ1n) is 11.4. The zero-order chi connectivity index (χ0) is 23.5. The van der Waals surface area contributed by atoms with E-state index in [0.717, 1.165) is 10.8 Å². The maximum atomic E-state index is 13.7. The number of ether oxygens (including phenoxy) is 1.